The minimum atomic E-state index is 0.892. The maximum atomic E-state index is 5.32. The molecule has 3 aromatic rings. The van der Waals surface area contributed by atoms with E-state index in [2.05, 4.69) is 61.8 Å². The molecule has 0 fully saturated rings. The van der Waals surface area contributed by atoms with Crippen molar-refractivity contribution < 1.29 is 4.74 Å². The number of hydrogen-bond donors (Lipinski definition) is 0. The molecule has 3 nitrogen and oxygen atoms in total. The van der Waals surface area contributed by atoms with Crippen molar-refractivity contribution in [3.8, 4) is 17.0 Å². The SMILES string of the molecule is COc1cc(C)c(-c2cn3ccc(C)cc3n2)c(C)c1. The van der Waals surface area contributed by atoms with Gasteiger partial charge in [0, 0.05) is 18.0 Å². The second kappa shape index (κ2) is 4.67. The fourth-order valence-corrected chi connectivity index (χ4v) is 2.65. The van der Waals surface area contributed by atoms with Gasteiger partial charge in [-0.15, -0.1) is 0 Å². The summed E-state index contributed by atoms with van der Waals surface area (Å²) in [6.07, 6.45) is 4.13. The molecule has 0 saturated heterocycles. The third kappa shape index (κ3) is 2.05. The molecule has 0 atom stereocenters. The van der Waals surface area contributed by atoms with Crippen molar-refractivity contribution in [3.05, 3.63) is 53.3 Å². The number of imidazole rings is 1. The van der Waals surface area contributed by atoms with E-state index < -0.39 is 0 Å². The van der Waals surface area contributed by atoms with Gasteiger partial charge in [-0.2, -0.15) is 0 Å². The molecule has 3 rings (SSSR count). The summed E-state index contributed by atoms with van der Waals surface area (Å²) in [4.78, 5) is 4.74. The van der Waals surface area contributed by atoms with E-state index in [4.69, 9.17) is 9.72 Å². The van der Waals surface area contributed by atoms with Crippen LogP contribution >= 0.6 is 0 Å². The third-order valence-corrected chi connectivity index (χ3v) is 3.61. The predicted molar refractivity (Wildman–Crippen MR) is 81.4 cm³/mol. The Morgan fingerprint density at radius 2 is 1.75 bits per heavy atom. The van der Waals surface area contributed by atoms with Gasteiger partial charge < -0.3 is 9.14 Å². The van der Waals surface area contributed by atoms with Crippen molar-refractivity contribution in [3.63, 3.8) is 0 Å². The van der Waals surface area contributed by atoms with Gasteiger partial charge in [0.2, 0.25) is 0 Å². The second-order valence-electron chi connectivity index (χ2n) is 5.23. The molecule has 0 radical (unpaired) electrons. The number of aromatic nitrogens is 2. The van der Waals surface area contributed by atoms with Crippen LogP contribution in [0.5, 0.6) is 5.75 Å². The number of nitrogens with zero attached hydrogens (tertiary/aromatic N) is 2. The van der Waals surface area contributed by atoms with Crippen LogP contribution in [0, 0.1) is 20.8 Å². The van der Waals surface area contributed by atoms with Gasteiger partial charge in [-0.25, -0.2) is 4.98 Å². The highest BCUT2D eigenvalue weighted by molar-refractivity contribution is 5.70. The van der Waals surface area contributed by atoms with Crippen molar-refractivity contribution in [1.82, 2.24) is 9.38 Å². The number of methoxy groups -OCH3 is 1. The Balaban J connectivity index is 2.20. The lowest BCUT2D eigenvalue weighted by Gasteiger charge is -2.09. The van der Waals surface area contributed by atoms with Crippen molar-refractivity contribution in [2.75, 3.05) is 7.11 Å². The largest absolute Gasteiger partial charge is 0.497 e. The molecule has 0 N–H and O–H groups in total. The van der Waals surface area contributed by atoms with Crippen LogP contribution < -0.4 is 4.74 Å². The van der Waals surface area contributed by atoms with E-state index in [1.807, 2.05) is 0 Å². The summed E-state index contributed by atoms with van der Waals surface area (Å²) in [6.45, 7) is 6.28. The Kier molecular flexibility index (Phi) is 2.97. The van der Waals surface area contributed by atoms with E-state index in [0.29, 0.717) is 0 Å². The van der Waals surface area contributed by atoms with Crippen LogP contribution in [0.3, 0.4) is 0 Å². The highest BCUT2D eigenvalue weighted by Crippen LogP contribution is 2.30. The predicted octanol–water partition coefficient (Wildman–Crippen LogP) is 3.94. The van der Waals surface area contributed by atoms with Gasteiger partial charge in [-0.05, 0) is 61.7 Å². The van der Waals surface area contributed by atoms with Crippen LogP contribution in [0.4, 0.5) is 0 Å². The molecular weight excluding hydrogens is 248 g/mol. The fourth-order valence-electron chi connectivity index (χ4n) is 2.65. The molecule has 0 aliphatic carbocycles. The van der Waals surface area contributed by atoms with Crippen LogP contribution in [0.2, 0.25) is 0 Å². The minimum Gasteiger partial charge on any atom is -0.497 e. The highest BCUT2D eigenvalue weighted by Gasteiger charge is 2.11. The average Bonchev–Trinajstić information content (AvgIpc) is 2.80. The van der Waals surface area contributed by atoms with E-state index in [9.17, 15) is 0 Å². The van der Waals surface area contributed by atoms with E-state index >= 15 is 0 Å². The maximum Gasteiger partial charge on any atom is 0.137 e. The molecule has 2 heterocycles. The first-order valence-electron chi connectivity index (χ1n) is 6.69. The van der Waals surface area contributed by atoms with Crippen molar-refractivity contribution in [2.45, 2.75) is 20.8 Å². The summed E-state index contributed by atoms with van der Waals surface area (Å²) in [5.41, 5.74) is 6.76. The van der Waals surface area contributed by atoms with Crippen molar-refractivity contribution in [1.29, 1.82) is 0 Å². The molecule has 0 aliphatic heterocycles. The molecule has 102 valence electrons. The van der Waals surface area contributed by atoms with Gasteiger partial charge in [0.25, 0.3) is 0 Å². The molecule has 0 aliphatic rings. The molecule has 20 heavy (non-hydrogen) atoms. The van der Waals surface area contributed by atoms with Gasteiger partial charge in [-0.1, -0.05) is 0 Å². The summed E-state index contributed by atoms with van der Waals surface area (Å²) < 4.78 is 7.38. The summed E-state index contributed by atoms with van der Waals surface area (Å²) in [5.74, 6) is 0.892. The molecule has 1 aromatic carbocycles. The smallest absolute Gasteiger partial charge is 0.137 e. The molecule has 0 saturated carbocycles. The van der Waals surface area contributed by atoms with E-state index in [1.54, 1.807) is 7.11 Å². The monoisotopic (exact) mass is 266 g/mol. The quantitative estimate of drug-likeness (QED) is 0.702. The van der Waals surface area contributed by atoms with Crippen LogP contribution in [-0.2, 0) is 0 Å². The topological polar surface area (TPSA) is 26.5 Å². The number of ether oxygens (including phenoxy) is 1. The van der Waals surface area contributed by atoms with Gasteiger partial charge in [-0.3, -0.25) is 0 Å². The molecular formula is C17H18N2O. The summed E-state index contributed by atoms with van der Waals surface area (Å²) in [6, 6.07) is 8.29. The Morgan fingerprint density at radius 3 is 2.40 bits per heavy atom. The maximum absolute atomic E-state index is 5.32. The first kappa shape index (κ1) is 12.7. The van der Waals surface area contributed by atoms with Crippen LogP contribution in [0.15, 0.2) is 36.7 Å². The normalized spacial score (nSPS) is 11.0. The van der Waals surface area contributed by atoms with Crippen molar-refractivity contribution >= 4 is 5.65 Å². The van der Waals surface area contributed by atoms with Crippen LogP contribution in [0.25, 0.3) is 16.9 Å². The Morgan fingerprint density at radius 1 is 1.05 bits per heavy atom. The standard InChI is InChI=1S/C17H18N2O/c1-11-5-6-19-10-15(18-16(19)7-11)17-12(2)8-14(20-4)9-13(17)3/h5-10H,1-4H3. The van der Waals surface area contributed by atoms with Gasteiger partial charge in [0.1, 0.15) is 11.4 Å². The summed E-state index contributed by atoms with van der Waals surface area (Å²) >= 11 is 0. The zero-order valence-electron chi connectivity index (χ0n) is 12.3. The minimum absolute atomic E-state index is 0.892. The van der Waals surface area contributed by atoms with Gasteiger partial charge >= 0.3 is 0 Å². The lowest BCUT2D eigenvalue weighted by Crippen LogP contribution is -1.91. The molecule has 2 aromatic heterocycles. The van der Waals surface area contributed by atoms with E-state index in [1.165, 1.54) is 22.3 Å². The lowest BCUT2D eigenvalue weighted by atomic mass is 10.00. The van der Waals surface area contributed by atoms with Crippen LogP contribution in [-0.4, -0.2) is 16.5 Å². The fraction of sp³-hybridized carbons (Fsp3) is 0.235. The Labute approximate surface area is 118 Å². The molecule has 0 spiro atoms. The third-order valence-electron chi connectivity index (χ3n) is 3.61. The Bertz CT molecular complexity index is 764. The first-order chi connectivity index (χ1) is 9.58. The van der Waals surface area contributed by atoms with Gasteiger partial charge in [0.15, 0.2) is 0 Å². The number of hydrogen-bond acceptors (Lipinski definition) is 2. The Hall–Kier alpha value is -2.29. The lowest BCUT2D eigenvalue weighted by molar-refractivity contribution is 0.414. The van der Waals surface area contributed by atoms with E-state index in [0.717, 1.165) is 17.1 Å². The molecule has 0 amide bonds. The second-order valence-corrected chi connectivity index (χ2v) is 5.23. The first-order valence-corrected chi connectivity index (χ1v) is 6.69. The molecule has 0 unspecified atom stereocenters. The summed E-state index contributed by atoms with van der Waals surface area (Å²) in [7, 11) is 1.70. The van der Waals surface area contributed by atoms with Crippen LogP contribution in [0.1, 0.15) is 16.7 Å². The number of fused-ring (bicyclic) bond motifs is 1. The molecule has 3 heteroatoms. The zero-order valence-corrected chi connectivity index (χ0v) is 12.3. The number of benzene rings is 1. The van der Waals surface area contributed by atoms with Gasteiger partial charge in [0.05, 0.1) is 12.8 Å². The number of rotatable bonds is 2. The zero-order chi connectivity index (χ0) is 14.3. The number of pyridine rings is 1. The number of aryl methyl sites for hydroxylation is 3. The van der Waals surface area contributed by atoms with Crippen molar-refractivity contribution in [2.24, 2.45) is 0 Å². The average molecular weight is 266 g/mol. The highest BCUT2D eigenvalue weighted by atomic mass is 16.5. The van der Waals surface area contributed by atoms with E-state index in [-0.39, 0.29) is 0 Å². The summed E-state index contributed by atoms with van der Waals surface area (Å²) in [5, 5.41) is 0. The molecule has 0 bridgehead atoms.